The molecule has 1 aliphatic heterocycles. The highest BCUT2D eigenvalue weighted by molar-refractivity contribution is 5.78. The van der Waals surface area contributed by atoms with E-state index in [9.17, 15) is 4.79 Å². The van der Waals surface area contributed by atoms with E-state index in [1.165, 1.54) is 0 Å². The number of carbonyl (C=O) groups excluding carboxylic acids is 1. The fourth-order valence-electron chi connectivity index (χ4n) is 1.55. The van der Waals surface area contributed by atoms with Gasteiger partial charge >= 0.3 is 0 Å². The van der Waals surface area contributed by atoms with Crippen molar-refractivity contribution < 1.29 is 9.53 Å². The third-order valence-corrected chi connectivity index (χ3v) is 2.60. The van der Waals surface area contributed by atoms with Crippen LogP contribution in [0.4, 0.5) is 0 Å². The molecule has 0 N–H and O–H groups in total. The van der Waals surface area contributed by atoms with E-state index < -0.39 is 0 Å². The summed E-state index contributed by atoms with van der Waals surface area (Å²) < 4.78 is 5.39. The van der Waals surface area contributed by atoms with E-state index in [0.717, 1.165) is 19.7 Å². The first-order valence-corrected chi connectivity index (χ1v) is 4.93. The largest absolute Gasteiger partial charge is 0.379 e. The summed E-state index contributed by atoms with van der Waals surface area (Å²) in [6.45, 7) is 9.11. The van der Waals surface area contributed by atoms with E-state index in [0.29, 0.717) is 12.6 Å². The van der Waals surface area contributed by atoms with Crippen molar-refractivity contribution in [2.24, 2.45) is 5.92 Å². The smallest absolute Gasteiger partial charge is 0.136 e. The Morgan fingerprint density at radius 3 is 2.77 bits per heavy atom. The number of hydrogen-bond donors (Lipinski definition) is 0. The number of nitrogens with zero attached hydrogens (tertiary/aromatic N) is 1. The van der Waals surface area contributed by atoms with Crippen LogP contribution in [-0.4, -0.2) is 43.0 Å². The molecule has 0 spiro atoms. The molecular weight excluding hydrogens is 166 g/mol. The first kappa shape index (κ1) is 10.7. The molecule has 0 aromatic carbocycles. The number of hydrogen-bond acceptors (Lipinski definition) is 3. The minimum atomic E-state index is 0.0740. The molecular formula is C10H19NO2. The quantitative estimate of drug-likeness (QED) is 0.641. The van der Waals surface area contributed by atoms with Gasteiger partial charge in [0.05, 0.1) is 19.1 Å². The fraction of sp³-hybridized carbons (Fsp3) is 0.900. The molecule has 0 aliphatic carbocycles. The lowest BCUT2D eigenvalue weighted by molar-refractivity contribution is -0.122. The predicted octanol–water partition coefficient (Wildman–Crippen LogP) is 0.932. The van der Waals surface area contributed by atoms with Crippen molar-refractivity contribution in [3.8, 4) is 0 Å². The highest BCUT2D eigenvalue weighted by Gasteiger charge is 2.23. The molecule has 76 valence electrons. The number of ketones is 1. The maximum Gasteiger partial charge on any atom is 0.136 e. The van der Waals surface area contributed by atoms with Gasteiger partial charge in [0.1, 0.15) is 5.78 Å². The first-order chi connectivity index (χ1) is 6.11. The minimum absolute atomic E-state index is 0.0740. The Hall–Kier alpha value is -0.410. The van der Waals surface area contributed by atoms with Crippen LogP contribution in [0.2, 0.25) is 0 Å². The number of Topliss-reactive ketones (excluding diaryl/α,β-unsaturated/α-hetero) is 1. The van der Waals surface area contributed by atoms with E-state index in [1.807, 2.05) is 0 Å². The molecule has 1 atom stereocenters. The average Bonchev–Trinajstić information content (AvgIpc) is 2.28. The molecule has 1 unspecified atom stereocenters. The second-order valence-corrected chi connectivity index (χ2v) is 3.97. The van der Waals surface area contributed by atoms with Crippen LogP contribution in [0.1, 0.15) is 20.8 Å². The highest BCUT2D eigenvalue weighted by Crippen LogP contribution is 2.10. The molecule has 13 heavy (non-hydrogen) atoms. The standard InChI is InChI=1S/C10H19NO2/c1-8(2)11-4-5-13-7-10(6-11)9(3)12/h8,10H,4-7H2,1-3H3. The maximum atomic E-state index is 11.2. The third kappa shape index (κ3) is 3.08. The van der Waals surface area contributed by atoms with Crippen molar-refractivity contribution in [1.82, 2.24) is 4.90 Å². The van der Waals surface area contributed by atoms with Crippen molar-refractivity contribution >= 4 is 5.78 Å². The van der Waals surface area contributed by atoms with Gasteiger partial charge < -0.3 is 4.74 Å². The number of rotatable bonds is 2. The van der Waals surface area contributed by atoms with Crippen LogP contribution in [0.25, 0.3) is 0 Å². The van der Waals surface area contributed by atoms with Crippen LogP contribution < -0.4 is 0 Å². The Bertz CT molecular complexity index is 180. The summed E-state index contributed by atoms with van der Waals surface area (Å²) in [5.74, 6) is 0.317. The average molecular weight is 185 g/mol. The van der Waals surface area contributed by atoms with Gasteiger partial charge in [-0.15, -0.1) is 0 Å². The van der Waals surface area contributed by atoms with Gasteiger partial charge in [-0.3, -0.25) is 9.69 Å². The van der Waals surface area contributed by atoms with Crippen LogP contribution in [0.3, 0.4) is 0 Å². The van der Waals surface area contributed by atoms with Gasteiger partial charge in [-0.1, -0.05) is 0 Å². The summed E-state index contributed by atoms with van der Waals surface area (Å²) in [4.78, 5) is 13.5. The Balaban J connectivity index is 2.54. The Morgan fingerprint density at radius 2 is 2.23 bits per heavy atom. The van der Waals surface area contributed by atoms with Gasteiger partial charge in [-0.25, -0.2) is 0 Å². The molecule has 0 bridgehead atoms. The number of carbonyl (C=O) groups is 1. The lowest BCUT2D eigenvalue weighted by atomic mass is 10.1. The van der Waals surface area contributed by atoms with Gasteiger partial charge in [0.2, 0.25) is 0 Å². The van der Waals surface area contributed by atoms with Crippen LogP contribution in [0.5, 0.6) is 0 Å². The van der Waals surface area contributed by atoms with Crippen LogP contribution >= 0.6 is 0 Å². The van der Waals surface area contributed by atoms with Crippen molar-refractivity contribution in [3.63, 3.8) is 0 Å². The normalized spacial score (nSPS) is 26.0. The lowest BCUT2D eigenvalue weighted by Gasteiger charge is -2.25. The molecule has 0 aromatic heterocycles. The highest BCUT2D eigenvalue weighted by atomic mass is 16.5. The van der Waals surface area contributed by atoms with Crippen LogP contribution in [0.15, 0.2) is 0 Å². The van der Waals surface area contributed by atoms with E-state index >= 15 is 0 Å². The summed E-state index contributed by atoms with van der Waals surface area (Å²) in [7, 11) is 0. The third-order valence-electron chi connectivity index (χ3n) is 2.60. The summed E-state index contributed by atoms with van der Waals surface area (Å²) >= 11 is 0. The zero-order valence-corrected chi connectivity index (χ0v) is 8.75. The van der Waals surface area contributed by atoms with Gasteiger partial charge in [0.25, 0.3) is 0 Å². The van der Waals surface area contributed by atoms with Crippen LogP contribution in [-0.2, 0) is 9.53 Å². The molecule has 0 aromatic rings. The Labute approximate surface area is 80.1 Å². The molecule has 0 saturated carbocycles. The predicted molar refractivity (Wildman–Crippen MR) is 51.7 cm³/mol. The van der Waals surface area contributed by atoms with E-state index in [1.54, 1.807) is 6.92 Å². The van der Waals surface area contributed by atoms with E-state index in [2.05, 4.69) is 18.7 Å². The minimum Gasteiger partial charge on any atom is -0.379 e. The molecule has 3 heteroatoms. The molecule has 3 nitrogen and oxygen atoms in total. The van der Waals surface area contributed by atoms with E-state index in [4.69, 9.17) is 4.74 Å². The molecule has 1 heterocycles. The topological polar surface area (TPSA) is 29.5 Å². The Morgan fingerprint density at radius 1 is 1.54 bits per heavy atom. The molecule has 0 amide bonds. The van der Waals surface area contributed by atoms with Crippen molar-refractivity contribution in [2.75, 3.05) is 26.3 Å². The summed E-state index contributed by atoms with van der Waals surface area (Å²) in [5, 5.41) is 0. The fourth-order valence-corrected chi connectivity index (χ4v) is 1.55. The summed E-state index contributed by atoms with van der Waals surface area (Å²) in [6, 6.07) is 0.503. The first-order valence-electron chi connectivity index (χ1n) is 4.93. The van der Waals surface area contributed by atoms with E-state index in [-0.39, 0.29) is 11.7 Å². The summed E-state index contributed by atoms with van der Waals surface area (Å²) in [6.07, 6.45) is 0. The van der Waals surface area contributed by atoms with Crippen molar-refractivity contribution in [3.05, 3.63) is 0 Å². The monoisotopic (exact) mass is 185 g/mol. The second-order valence-electron chi connectivity index (χ2n) is 3.97. The molecule has 1 saturated heterocycles. The van der Waals surface area contributed by atoms with Crippen LogP contribution in [0, 0.1) is 5.92 Å². The molecule has 1 rings (SSSR count). The second kappa shape index (κ2) is 4.72. The SMILES string of the molecule is CC(=O)C1COCCN(C(C)C)C1. The van der Waals surface area contributed by atoms with Crippen molar-refractivity contribution in [1.29, 1.82) is 0 Å². The lowest BCUT2D eigenvalue weighted by Crippen LogP contribution is -2.37. The molecule has 1 aliphatic rings. The van der Waals surface area contributed by atoms with Crippen molar-refractivity contribution in [2.45, 2.75) is 26.8 Å². The maximum absolute atomic E-state index is 11.2. The zero-order chi connectivity index (χ0) is 9.84. The Kier molecular flexibility index (Phi) is 3.88. The molecule has 1 fully saturated rings. The summed E-state index contributed by atoms with van der Waals surface area (Å²) in [5.41, 5.74) is 0. The number of ether oxygens (including phenoxy) is 1. The van der Waals surface area contributed by atoms with Gasteiger partial charge in [0.15, 0.2) is 0 Å². The molecule has 0 radical (unpaired) electrons. The van der Waals surface area contributed by atoms with Gasteiger partial charge in [-0.2, -0.15) is 0 Å². The van der Waals surface area contributed by atoms with Gasteiger partial charge in [0, 0.05) is 19.1 Å². The zero-order valence-electron chi connectivity index (χ0n) is 8.75. The van der Waals surface area contributed by atoms with Gasteiger partial charge in [-0.05, 0) is 20.8 Å².